The maximum atomic E-state index is 13.4. The van der Waals surface area contributed by atoms with Gasteiger partial charge in [-0.15, -0.1) is 0 Å². The normalized spacial score (nSPS) is 17.7. The second-order valence-corrected chi connectivity index (χ2v) is 8.80. The molecule has 5 nitrogen and oxygen atoms in total. The number of halogens is 4. The van der Waals surface area contributed by atoms with Crippen molar-refractivity contribution < 1.29 is 13.2 Å². The van der Waals surface area contributed by atoms with Gasteiger partial charge in [0.1, 0.15) is 0 Å². The molecule has 2 aromatic carbocycles. The summed E-state index contributed by atoms with van der Waals surface area (Å²) < 4.78 is 40.2. The fourth-order valence-electron chi connectivity index (χ4n) is 4.06. The van der Waals surface area contributed by atoms with Crippen molar-refractivity contribution in [3.8, 4) is 0 Å². The Kier molecular flexibility index (Phi) is 5.59. The van der Waals surface area contributed by atoms with Gasteiger partial charge in [-0.2, -0.15) is 13.2 Å². The topological polar surface area (TPSA) is 44.3 Å². The number of aromatic nitrogens is 2. The molecule has 0 amide bonds. The molecule has 32 heavy (non-hydrogen) atoms. The number of rotatable bonds is 5. The van der Waals surface area contributed by atoms with Crippen molar-refractivity contribution in [2.45, 2.75) is 31.6 Å². The molecule has 168 valence electrons. The van der Waals surface area contributed by atoms with E-state index in [1.165, 1.54) is 12.1 Å². The Morgan fingerprint density at radius 1 is 0.969 bits per heavy atom. The molecule has 1 N–H and O–H groups in total. The zero-order valence-corrected chi connectivity index (χ0v) is 18.1. The van der Waals surface area contributed by atoms with Gasteiger partial charge < -0.3 is 10.2 Å². The highest BCUT2D eigenvalue weighted by Crippen LogP contribution is 2.35. The maximum Gasteiger partial charge on any atom is 0.416 e. The molecule has 0 atom stereocenters. The number of piperazine rings is 1. The van der Waals surface area contributed by atoms with E-state index in [4.69, 9.17) is 21.6 Å². The maximum absolute atomic E-state index is 13.4. The van der Waals surface area contributed by atoms with Gasteiger partial charge in [-0.1, -0.05) is 23.7 Å². The fraction of sp³-hybridized carbons (Fsp3) is 0.391. The van der Waals surface area contributed by atoms with Gasteiger partial charge in [-0.05, 0) is 48.7 Å². The number of benzene rings is 2. The van der Waals surface area contributed by atoms with Crippen molar-refractivity contribution in [1.82, 2.24) is 14.9 Å². The molecule has 1 aliphatic heterocycles. The minimum Gasteiger partial charge on any atom is -0.364 e. The van der Waals surface area contributed by atoms with Crippen LogP contribution in [0.1, 0.15) is 24.0 Å². The van der Waals surface area contributed by atoms with Gasteiger partial charge in [0.2, 0.25) is 0 Å². The summed E-state index contributed by atoms with van der Waals surface area (Å²) in [7, 11) is 0. The van der Waals surface area contributed by atoms with E-state index < -0.39 is 11.7 Å². The van der Waals surface area contributed by atoms with Crippen molar-refractivity contribution in [3.63, 3.8) is 0 Å². The summed E-state index contributed by atoms with van der Waals surface area (Å²) in [5, 5.41) is 3.80. The summed E-state index contributed by atoms with van der Waals surface area (Å²) in [6, 6.07) is 12.0. The lowest BCUT2D eigenvalue weighted by atomic mass is 10.1. The number of fused-ring (bicyclic) bond motifs is 1. The summed E-state index contributed by atoms with van der Waals surface area (Å²) >= 11 is 5.98. The third-order valence-corrected chi connectivity index (χ3v) is 6.14. The van der Waals surface area contributed by atoms with Gasteiger partial charge in [-0.3, -0.25) is 4.90 Å². The van der Waals surface area contributed by atoms with Gasteiger partial charge >= 0.3 is 6.18 Å². The lowest BCUT2D eigenvalue weighted by Gasteiger charge is -2.36. The van der Waals surface area contributed by atoms with Crippen LogP contribution >= 0.6 is 11.6 Å². The zero-order valence-electron chi connectivity index (χ0n) is 17.4. The van der Waals surface area contributed by atoms with Crippen molar-refractivity contribution in [3.05, 3.63) is 58.6 Å². The first-order chi connectivity index (χ1) is 15.4. The van der Waals surface area contributed by atoms with Crippen molar-refractivity contribution in [2.24, 2.45) is 0 Å². The second kappa shape index (κ2) is 8.41. The summed E-state index contributed by atoms with van der Waals surface area (Å²) in [5.41, 5.74) is 1.26. The van der Waals surface area contributed by atoms with E-state index in [2.05, 4.69) is 10.2 Å². The third-order valence-electron chi connectivity index (χ3n) is 5.91. The number of nitrogens with one attached hydrogen (secondary N) is 1. The monoisotopic (exact) mass is 461 g/mol. The Labute approximate surface area is 189 Å². The summed E-state index contributed by atoms with van der Waals surface area (Å²) in [4.78, 5) is 13.9. The van der Waals surface area contributed by atoms with Gasteiger partial charge in [0.05, 0.1) is 16.6 Å². The molecule has 1 saturated carbocycles. The molecule has 1 aliphatic carbocycles. The predicted molar refractivity (Wildman–Crippen MR) is 120 cm³/mol. The van der Waals surface area contributed by atoms with Crippen LogP contribution < -0.4 is 10.2 Å². The SMILES string of the molecule is FC(F)(F)c1ccc(Cl)cc1CN1CCN(c2nc3ccccc3nc2NC2CC2)CC1. The molecule has 0 spiro atoms. The molecule has 1 saturated heterocycles. The van der Waals surface area contributed by atoms with Crippen LogP contribution in [-0.2, 0) is 12.7 Å². The quantitative estimate of drug-likeness (QED) is 0.566. The lowest BCUT2D eigenvalue weighted by molar-refractivity contribution is -0.138. The highest BCUT2D eigenvalue weighted by Gasteiger charge is 2.34. The first kappa shape index (κ1) is 21.3. The van der Waals surface area contributed by atoms with Crippen LogP contribution in [-0.4, -0.2) is 47.1 Å². The highest BCUT2D eigenvalue weighted by molar-refractivity contribution is 6.30. The van der Waals surface area contributed by atoms with Gasteiger partial charge in [0, 0.05) is 43.8 Å². The number of alkyl halides is 3. The smallest absolute Gasteiger partial charge is 0.364 e. The van der Waals surface area contributed by atoms with Crippen LogP contribution in [0.15, 0.2) is 42.5 Å². The van der Waals surface area contributed by atoms with E-state index in [1.54, 1.807) is 0 Å². The van der Waals surface area contributed by atoms with Crippen LogP contribution in [0.5, 0.6) is 0 Å². The van der Waals surface area contributed by atoms with Crippen LogP contribution in [0.3, 0.4) is 0 Å². The first-order valence-corrected chi connectivity index (χ1v) is 11.1. The molecule has 3 aromatic rings. The average molecular weight is 462 g/mol. The Hall–Kier alpha value is -2.58. The summed E-state index contributed by atoms with van der Waals surface area (Å²) in [5.74, 6) is 1.60. The molecule has 2 fully saturated rings. The van der Waals surface area contributed by atoms with E-state index in [1.807, 2.05) is 29.2 Å². The van der Waals surface area contributed by atoms with Gasteiger partial charge in [-0.25, -0.2) is 9.97 Å². The Bertz CT molecular complexity index is 1120. The van der Waals surface area contributed by atoms with Gasteiger partial charge in [0.25, 0.3) is 0 Å². The third kappa shape index (κ3) is 4.61. The molecule has 0 radical (unpaired) electrons. The first-order valence-electron chi connectivity index (χ1n) is 10.7. The summed E-state index contributed by atoms with van der Waals surface area (Å²) in [6.07, 6.45) is -2.14. The fourth-order valence-corrected chi connectivity index (χ4v) is 4.25. The van der Waals surface area contributed by atoms with E-state index in [9.17, 15) is 13.2 Å². The average Bonchev–Trinajstić information content (AvgIpc) is 3.57. The zero-order chi connectivity index (χ0) is 22.3. The lowest BCUT2D eigenvalue weighted by Crippen LogP contribution is -2.46. The number of hydrogen-bond donors (Lipinski definition) is 1. The minimum atomic E-state index is -4.40. The van der Waals surface area contributed by atoms with Crippen LogP contribution in [0.25, 0.3) is 11.0 Å². The van der Waals surface area contributed by atoms with Crippen LogP contribution in [0.2, 0.25) is 5.02 Å². The Morgan fingerprint density at radius 3 is 2.31 bits per heavy atom. The molecule has 9 heteroatoms. The number of hydrogen-bond acceptors (Lipinski definition) is 5. The van der Waals surface area contributed by atoms with Gasteiger partial charge in [0.15, 0.2) is 11.6 Å². The summed E-state index contributed by atoms with van der Waals surface area (Å²) in [6.45, 7) is 2.78. The molecule has 0 unspecified atom stereocenters. The predicted octanol–water partition coefficient (Wildman–Crippen LogP) is 5.20. The van der Waals surface area contributed by atoms with Crippen molar-refractivity contribution in [2.75, 3.05) is 36.4 Å². The van der Waals surface area contributed by atoms with Crippen molar-refractivity contribution in [1.29, 1.82) is 0 Å². The molecule has 5 rings (SSSR count). The largest absolute Gasteiger partial charge is 0.416 e. The molecule has 1 aromatic heterocycles. The Balaban J connectivity index is 1.33. The van der Waals surface area contributed by atoms with E-state index in [0.29, 0.717) is 37.2 Å². The molecular weight excluding hydrogens is 439 g/mol. The van der Waals surface area contributed by atoms with Crippen LogP contribution in [0, 0.1) is 0 Å². The highest BCUT2D eigenvalue weighted by atomic mass is 35.5. The Morgan fingerprint density at radius 2 is 1.66 bits per heavy atom. The van der Waals surface area contributed by atoms with E-state index >= 15 is 0 Å². The van der Waals surface area contributed by atoms with E-state index in [0.717, 1.165) is 41.6 Å². The number of nitrogens with zero attached hydrogens (tertiary/aromatic N) is 4. The standard InChI is InChI=1S/C23H23ClF3N5/c24-16-5-8-18(23(25,26)27)15(13-16)14-31-9-11-32(12-10-31)22-21(28-17-6-7-17)29-19-3-1-2-4-20(19)30-22/h1-5,8,13,17H,6-7,9-12,14H2,(H,28,29). The minimum absolute atomic E-state index is 0.208. The molecule has 2 aliphatic rings. The second-order valence-electron chi connectivity index (χ2n) is 8.37. The number of para-hydroxylation sites is 2. The number of anilines is 2. The molecular formula is C23H23ClF3N5. The van der Waals surface area contributed by atoms with E-state index in [-0.39, 0.29) is 12.1 Å². The van der Waals surface area contributed by atoms with Crippen molar-refractivity contribution >= 4 is 34.3 Å². The van der Waals surface area contributed by atoms with Crippen LogP contribution in [0.4, 0.5) is 24.8 Å². The molecule has 2 heterocycles. The molecule has 0 bridgehead atoms.